The summed E-state index contributed by atoms with van der Waals surface area (Å²) in [5.74, 6) is 0. The van der Waals surface area contributed by atoms with E-state index in [4.69, 9.17) is 22.7 Å². The zero-order valence-electron chi connectivity index (χ0n) is 9.43. The molecule has 0 aliphatic carbocycles. The maximum atomic E-state index is 5.62. The van der Waals surface area contributed by atoms with Crippen LogP contribution < -0.4 is 5.73 Å². The van der Waals surface area contributed by atoms with Crippen molar-refractivity contribution in [2.75, 3.05) is 19.7 Å². The Morgan fingerprint density at radius 1 is 1.59 bits per heavy atom. The lowest BCUT2D eigenvalue weighted by Gasteiger charge is -2.32. The Kier molecular flexibility index (Phi) is 4.50. The van der Waals surface area contributed by atoms with Gasteiger partial charge in [-0.25, -0.2) is 0 Å². The molecule has 0 aromatic heterocycles. The summed E-state index contributed by atoms with van der Waals surface area (Å²) in [7, 11) is 0. The number of rotatable bonds is 3. The van der Waals surface area contributed by atoms with Gasteiger partial charge in [-0.05, 0) is 17.7 Å². The molecule has 3 nitrogen and oxygen atoms in total. The minimum atomic E-state index is -0.106. The molecule has 1 saturated heterocycles. The van der Waals surface area contributed by atoms with Crippen LogP contribution in [0.25, 0.3) is 0 Å². The van der Waals surface area contributed by atoms with Crippen LogP contribution >= 0.6 is 28.1 Å². The summed E-state index contributed by atoms with van der Waals surface area (Å²) >= 11 is 8.45. The molecule has 2 N–H and O–H groups in total. The second-order valence-corrected chi connectivity index (χ2v) is 5.51. The number of nitrogens with two attached hydrogens (primary N) is 1. The lowest BCUT2D eigenvalue weighted by molar-refractivity contribution is 0.00390. The van der Waals surface area contributed by atoms with Crippen molar-refractivity contribution >= 4 is 33.1 Å². The van der Waals surface area contributed by atoms with Crippen molar-refractivity contribution in [1.29, 1.82) is 0 Å². The fraction of sp³-hybridized carbons (Fsp3) is 0.417. The third-order valence-electron chi connectivity index (χ3n) is 2.76. The van der Waals surface area contributed by atoms with Crippen LogP contribution in [-0.2, 0) is 11.3 Å². The molecule has 0 radical (unpaired) electrons. The lowest BCUT2D eigenvalue weighted by atomic mass is 10.2. The van der Waals surface area contributed by atoms with E-state index in [9.17, 15) is 0 Å². The van der Waals surface area contributed by atoms with Crippen molar-refractivity contribution < 1.29 is 4.74 Å². The van der Waals surface area contributed by atoms with Gasteiger partial charge >= 0.3 is 0 Å². The average molecular weight is 315 g/mol. The van der Waals surface area contributed by atoms with Gasteiger partial charge in [0.15, 0.2) is 0 Å². The number of hydrogen-bond donors (Lipinski definition) is 1. The number of morpholine rings is 1. The molecular formula is C12H15BrN2OS. The summed E-state index contributed by atoms with van der Waals surface area (Å²) in [4.78, 5) is 2.76. The summed E-state index contributed by atoms with van der Waals surface area (Å²) in [5.41, 5.74) is 6.90. The van der Waals surface area contributed by atoms with E-state index in [1.165, 1.54) is 5.56 Å². The molecule has 1 aromatic carbocycles. The minimum Gasteiger partial charge on any atom is -0.391 e. The highest BCUT2D eigenvalue weighted by molar-refractivity contribution is 9.10. The summed E-state index contributed by atoms with van der Waals surface area (Å²) in [6, 6.07) is 8.33. The third kappa shape index (κ3) is 3.74. The Bertz CT molecular complexity index is 413. The molecule has 0 spiro atoms. The van der Waals surface area contributed by atoms with Gasteiger partial charge in [-0.3, -0.25) is 4.90 Å². The lowest BCUT2D eigenvalue weighted by Crippen LogP contribution is -2.47. The Morgan fingerprint density at radius 2 is 2.41 bits per heavy atom. The van der Waals surface area contributed by atoms with Crippen LogP contribution in [-0.4, -0.2) is 35.7 Å². The molecule has 1 aliphatic heterocycles. The van der Waals surface area contributed by atoms with Crippen molar-refractivity contribution in [2.24, 2.45) is 5.73 Å². The molecule has 1 atom stereocenters. The standard InChI is InChI=1S/C12H15BrN2OS/c13-10-3-1-2-9(6-10)7-15-4-5-16-11(8-15)12(14)17/h1-3,6,11H,4-5,7-8H2,(H2,14,17). The second kappa shape index (κ2) is 5.91. The Balaban J connectivity index is 1.97. The van der Waals surface area contributed by atoms with E-state index in [2.05, 4.69) is 33.0 Å². The van der Waals surface area contributed by atoms with Crippen LogP contribution in [0.3, 0.4) is 0 Å². The van der Waals surface area contributed by atoms with Crippen molar-refractivity contribution in [2.45, 2.75) is 12.6 Å². The van der Waals surface area contributed by atoms with Gasteiger partial charge in [-0.2, -0.15) is 0 Å². The predicted molar refractivity (Wildman–Crippen MR) is 75.9 cm³/mol. The van der Waals surface area contributed by atoms with Crippen molar-refractivity contribution in [1.82, 2.24) is 4.90 Å². The molecule has 1 aromatic rings. The van der Waals surface area contributed by atoms with Crippen LogP contribution in [0.4, 0.5) is 0 Å². The predicted octanol–water partition coefficient (Wildman–Crippen LogP) is 1.94. The van der Waals surface area contributed by atoms with Crippen LogP contribution in [0.2, 0.25) is 0 Å². The van der Waals surface area contributed by atoms with Crippen molar-refractivity contribution in [3.63, 3.8) is 0 Å². The fourth-order valence-electron chi connectivity index (χ4n) is 1.91. The molecule has 5 heteroatoms. The number of halogens is 1. The second-order valence-electron chi connectivity index (χ2n) is 4.13. The molecular weight excluding hydrogens is 300 g/mol. The number of thiocarbonyl (C=S) groups is 1. The molecule has 1 aliphatic rings. The van der Waals surface area contributed by atoms with Crippen LogP contribution in [0.1, 0.15) is 5.56 Å². The van der Waals surface area contributed by atoms with Crippen molar-refractivity contribution in [3.05, 3.63) is 34.3 Å². The molecule has 0 amide bonds. The van der Waals surface area contributed by atoms with Gasteiger partial charge in [0.2, 0.25) is 0 Å². The van der Waals surface area contributed by atoms with Crippen LogP contribution in [0.15, 0.2) is 28.7 Å². The summed E-state index contributed by atoms with van der Waals surface area (Å²) in [6.07, 6.45) is -0.106. The Morgan fingerprint density at radius 3 is 3.12 bits per heavy atom. The number of hydrogen-bond acceptors (Lipinski definition) is 3. The van der Waals surface area contributed by atoms with E-state index in [1.807, 2.05) is 12.1 Å². The molecule has 1 fully saturated rings. The normalized spacial score (nSPS) is 21.4. The fourth-order valence-corrected chi connectivity index (χ4v) is 2.50. The highest BCUT2D eigenvalue weighted by Crippen LogP contribution is 2.15. The summed E-state index contributed by atoms with van der Waals surface area (Å²) < 4.78 is 6.62. The topological polar surface area (TPSA) is 38.5 Å². The molecule has 1 unspecified atom stereocenters. The van der Waals surface area contributed by atoms with Gasteiger partial charge in [-0.1, -0.05) is 40.3 Å². The summed E-state index contributed by atoms with van der Waals surface area (Å²) in [5, 5.41) is 0. The maximum Gasteiger partial charge on any atom is 0.120 e. The van der Waals surface area contributed by atoms with E-state index < -0.39 is 0 Å². The Labute approximate surface area is 115 Å². The van der Waals surface area contributed by atoms with Crippen LogP contribution in [0.5, 0.6) is 0 Å². The highest BCUT2D eigenvalue weighted by Gasteiger charge is 2.22. The SMILES string of the molecule is NC(=S)C1CN(Cc2cccc(Br)c2)CCO1. The van der Waals surface area contributed by atoms with E-state index in [0.29, 0.717) is 11.6 Å². The molecule has 0 bridgehead atoms. The largest absolute Gasteiger partial charge is 0.391 e. The van der Waals surface area contributed by atoms with Gasteiger partial charge in [0.1, 0.15) is 11.1 Å². The van der Waals surface area contributed by atoms with E-state index in [0.717, 1.165) is 24.1 Å². The average Bonchev–Trinajstić information content (AvgIpc) is 2.29. The van der Waals surface area contributed by atoms with E-state index >= 15 is 0 Å². The van der Waals surface area contributed by atoms with Crippen molar-refractivity contribution in [3.8, 4) is 0 Å². The first-order valence-electron chi connectivity index (χ1n) is 5.53. The molecule has 1 heterocycles. The number of ether oxygens (including phenoxy) is 1. The molecule has 0 saturated carbocycles. The number of nitrogens with zero attached hydrogens (tertiary/aromatic N) is 1. The molecule has 92 valence electrons. The van der Waals surface area contributed by atoms with Gasteiger partial charge in [0.05, 0.1) is 6.61 Å². The zero-order valence-corrected chi connectivity index (χ0v) is 11.8. The minimum absolute atomic E-state index is 0.106. The van der Waals surface area contributed by atoms with E-state index in [-0.39, 0.29) is 6.10 Å². The molecule has 2 rings (SSSR count). The summed E-state index contributed by atoms with van der Waals surface area (Å²) in [6.45, 7) is 3.30. The zero-order chi connectivity index (χ0) is 12.3. The third-order valence-corrected chi connectivity index (χ3v) is 3.52. The number of benzene rings is 1. The van der Waals surface area contributed by atoms with E-state index in [1.54, 1.807) is 0 Å². The van der Waals surface area contributed by atoms with Crippen LogP contribution in [0, 0.1) is 0 Å². The molecule has 17 heavy (non-hydrogen) atoms. The first-order chi connectivity index (χ1) is 8.15. The van der Waals surface area contributed by atoms with Gasteiger partial charge < -0.3 is 10.5 Å². The maximum absolute atomic E-state index is 5.62. The monoisotopic (exact) mass is 314 g/mol. The highest BCUT2D eigenvalue weighted by atomic mass is 79.9. The smallest absolute Gasteiger partial charge is 0.120 e. The Hall–Kier alpha value is -0.490. The first kappa shape index (κ1) is 13.0. The van der Waals surface area contributed by atoms with Gasteiger partial charge in [0.25, 0.3) is 0 Å². The quantitative estimate of drug-likeness (QED) is 0.865. The van der Waals surface area contributed by atoms with Gasteiger partial charge in [0, 0.05) is 24.1 Å². The first-order valence-corrected chi connectivity index (χ1v) is 6.73. The van der Waals surface area contributed by atoms with Gasteiger partial charge in [-0.15, -0.1) is 0 Å².